The van der Waals surface area contributed by atoms with Crippen molar-refractivity contribution in [3.63, 3.8) is 0 Å². The van der Waals surface area contributed by atoms with Crippen LogP contribution in [0.1, 0.15) is 45.1 Å². The molecule has 0 saturated carbocycles. The minimum Gasteiger partial charge on any atom is -0.497 e. The highest BCUT2D eigenvalue weighted by Gasteiger charge is 2.18. The van der Waals surface area contributed by atoms with E-state index in [0.29, 0.717) is 18.8 Å². The van der Waals surface area contributed by atoms with Gasteiger partial charge >= 0.3 is 0 Å². The van der Waals surface area contributed by atoms with Crippen molar-refractivity contribution in [2.75, 3.05) is 13.7 Å². The van der Waals surface area contributed by atoms with Crippen molar-refractivity contribution in [2.45, 2.75) is 45.6 Å². The lowest BCUT2D eigenvalue weighted by Gasteiger charge is -2.22. The number of carbonyl (C=O) groups is 1. The number of methoxy groups -OCH3 is 1. The van der Waals surface area contributed by atoms with E-state index in [0.717, 1.165) is 11.3 Å². The Hall–Kier alpha value is -1.55. The van der Waals surface area contributed by atoms with Crippen LogP contribution in [-0.4, -0.2) is 30.8 Å². The summed E-state index contributed by atoms with van der Waals surface area (Å²) in [5, 5.41) is 12.1. The zero-order valence-corrected chi connectivity index (χ0v) is 13.4. The number of amides is 1. The summed E-state index contributed by atoms with van der Waals surface area (Å²) in [5.41, 5.74) is 1.12. The van der Waals surface area contributed by atoms with Gasteiger partial charge in [-0.25, -0.2) is 0 Å². The third kappa shape index (κ3) is 5.76. The summed E-state index contributed by atoms with van der Waals surface area (Å²) in [5.74, 6) is 1.32. The monoisotopic (exact) mass is 293 g/mol. The van der Waals surface area contributed by atoms with Gasteiger partial charge in [0.25, 0.3) is 0 Å². The Labute approximate surface area is 127 Å². The first-order valence-corrected chi connectivity index (χ1v) is 7.52. The van der Waals surface area contributed by atoms with E-state index in [-0.39, 0.29) is 24.5 Å². The van der Waals surface area contributed by atoms with Crippen LogP contribution >= 0.6 is 0 Å². The Balaban J connectivity index is 2.56. The number of hydrogen-bond donors (Lipinski definition) is 2. The maximum atomic E-state index is 12.1. The zero-order valence-electron chi connectivity index (χ0n) is 13.4. The summed E-state index contributed by atoms with van der Waals surface area (Å²) < 4.78 is 5.13. The van der Waals surface area contributed by atoms with Gasteiger partial charge < -0.3 is 15.2 Å². The fourth-order valence-corrected chi connectivity index (χ4v) is 2.31. The smallest absolute Gasteiger partial charge is 0.220 e. The molecule has 0 aromatic heterocycles. The van der Waals surface area contributed by atoms with Crippen molar-refractivity contribution in [1.82, 2.24) is 5.32 Å². The van der Waals surface area contributed by atoms with E-state index in [1.165, 1.54) is 0 Å². The molecule has 1 rings (SSSR count). The topological polar surface area (TPSA) is 58.6 Å². The average molecular weight is 293 g/mol. The molecule has 2 atom stereocenters. The van der Waals surface area contributed by atoms with Crippen molar-refractivity contribution < 1.29 is 14.6 Å². The van der Waals surface area contributed by atoms with Crippen molar-refractivity contribution >= 4 is 5.91 Å². The third-order valence-corrected chi connectivity index (χ3v) is 3.77. The highest BCUT2D eigenvalue weighted by molar-refractivity contribution is 5.77. The lowest BCUT2D eigenvalue weighted by Crippen LogP contribution is -2.39. The highest BCUT2D eigenvalue weighted by atomic mass is 16.5. The number of ether oxygens (including phenoxy) is 1. The Morgan fingerprint density at radius 2 is 1.86 bits per heavy atom. The predicted octanol–water partition coefficient (Wildman–Crippen LogP) is 2.71. The molecule has 4 heteroatoms. The van der Waals surface area contributed by atoms with Crippen LogP contribution in [0.2, 0.25) is 0 Å². The number of nitrogens with one attached hydrogen (secondary N) is 1. The van der Waals surface area contributed by atoms with Gasteiger partial charge in [0.05, 0.1) is 7.11 Å². The van der Waals surface area contributed by atoms with Crippen LogP contribution in [0.15, 0.2) is 24.3 Å². The number of carbonyl (C=O) groups excluding carboxylic acids is 1. The van der Waals surface area contributed by atoms with Crippen LogP contribution in [0.4, 0.5) is 0 Å². The summed E-state index contributed by atoms with van der Waals surface area (Å²) in [7, 11) is 1.64. The van der Waals surface area contributed by atoms with Gasteiger partial charge in [0.2, 0.25) is 5.91 Å². The third-order valence-electron chi connectivity index (χ3n) is 3.77. The van der Waals surface area contributed by atoms with Crippen LogP contribution in [0.25, 0.3) is 0 Å². The molecule has 0 fully saturated rings. The molecule has 21 heavy (non-hydrogen) atoms. The number of benzene rings is 1. The van der Waals surface area contributed by atoms with Crippen LogP contribution in [0.5, 0.6) is 5.75 Å². The van der Waals surface area contributed by atoms with E-state index in [9.17, 15) is 4.79 Å². The first-order valence-electron chi connectivity index (χ1n) is 7.52. The Morgan fingerprint density at radius 1 is 1.24 bits per heavy atom. The summed E-state index contributed by atoms with van der Waals surface area (Å²) in [6, 6.07) is 7.83. The van der Waals surface area contributed by atoms with Gasteiger partial charge in [-0.3, -0.25) is 4.79 Å². The van der Waals surface area contributed by atoms with Gasteiger partial charge in [-0.1, -0.05) is 32.9 Å². The fourth-order valence-electron chi connectivity index (χ4n) is 2.31. The van der Waals surface area contributed by atoms with Crippen LogP contribution in [0, 0.1) is 5.92 Å². The molecule has 0 heterocycles. The van der Waals surface area contributed by atoms with E-state index in [1.807, 2.05) is 45.0 Å². The van der Waals surface area contributed by atoms with Gasteiger partial charge in [0.15, 0.2) is 0 Å². The Kier molecular flexibility index (Phi) is 7.23. The molecule has 0 saturated heterocycles. The molecule has 0 spiro atoms. The average Bonchev–Trinajstić information content (AvgIpc) is 2.46. The second-order valence-corrected chi connectivity index (χ2v) is 5.81. The van der Waals surface area contributed by atoms with Crippen LogP contribution in [0.3, 0.4) is 0 Å². The largest absolute Gasteiger partial charge is 0.497 e. The molecule has 118 valence electrons. The Morgan fingerprint density at radius 3 is 2.33 bits per heavy atom. The molecule has 0 aliphatic heterocycles. The first kappa shape index (κ1) is 17.5. The quantitative estimate of drug-likeness (QED) is 0.775. The minimum atomic E-state index is 0.0328. The second-order valence-electron chi connectivity index (χ2n) is 5.81. The predicted molar refractivity (Wildman–Crippen MR) is 84.5 cm³/mol. The van der Waals surface area contributed by atoms with Gasteiger partial charge in [0.1, 0.15) is 5.75 Å². The summed E-state index contributed by atoms with van der Waals surface area (Å²) in [6.07, 6.45) is 1.04. The molecular formula is C17H27NO3. The van der Waals surface area contributed by atoms with Crippen molar-refractivity contribution in [3.8, 4) is 5.75 Å². The maximum absolute atomic E-state index is 12.1. The maximum Gasteiger partial charge on any atom is 0.220 e. The molecule has 0 radical (unpaired) electrons. The number of hydrogen-bond acceptors (Lipinski definition) is 3. The Bertz CT molecular complexity index is 428. The van der Waals surface area contributed by atoms with Crippen molar-refractivity contribution in [2.24, 2.45) is 5.92 Å². The normalized spacial score (nSPS) is 13.8. The standard InChI is InChI=1S/C17H27NO3/c1-12(2)16(9-10-19)18-17(20)11-13(3)14-5-7-15(21-4)8-6-14/h5-8,12-13,16,19H,9-11H2,1-4H3,(H,18,20). The molecule has 2 N–H and O–H groups in total. The van der Waals surface area contributed by atoms with E-state index in [4.69, 9.17) is 9.84 Å². The second kappa shape index (κ2) is 8.67. The zero-order chi connectivity index (χ0) is 15.8. The van der Waals surface area contributed by atoms with Gasteiger partial charge in [-0.05, 0) is 36.0 Å². The number of aliphatic hydroxyl groups is 1. The molecule has 4 nitrogen and oxygen atoms in total. The summed E-state index contributed by atoms with van der Waals surface area (Å²) >= 11 is 0. The van der Waals surface area contributed by atoms with Crippen molar-refractivity contribution in [1.29, 1.82) is 0 Å². The van der Waals surface area contributed by atoms with Gasteiger partial charge in [-0.15, -0.1) is 0 Å². The van der Waals surface area contributed by atoms with Crippen LogP contribution < -0.4 is 10.1 Å². The molecular weight excluding hydrogens is 266 g/mol. The van der Waals surface area contributed by atoms with Gasteiger partial charge in [-0.2, -0.15) is 0 Å². The fraction of sp³-hybridized carbons (Fsp3) is 0.588. The van der Waals surface area contributed by atoms with Crippen molar-refractivity contribution in [3.05, 3.63) is 29.8 Å². The summed E-state index contributed by atoms with van der Waals surface area (Å²) in [6.45, 7) is 6.23. The molecule has 1 amide bonds. The minimum absolute atomic E-state index is 0.0328. The van der Waals surface area contributed by atoms with E-state index < -0.39 is 0 Å². The molecule has 1 aromatic carbocycles. The highest BCUT2D eigenvalue weighted by Crippen LogP contribution is 2.22. The molecule has 1 aromatic rings. The van der Waals surface area contributed by atoms with E-state index >= 15 is 0 Å². The van der Waals surface area contributed by atoms with E-state index in [1.54, 1.807) is 7.11 Å². The number of rotatable bonds is 8. The lowest BCUT2D eigenvalue weighted by molar-refractivity contribution is -0.122. The molecule has 0 bridgehead atoms. The first-order chi connectivity index (χ1) is 9.97. The summed E-state index contributed by atoms with van der Waals surface area (Å²) in [4.78, 5) is 12.1. The SMILES string of the molecule is COc1ccc(C(C)CC(=O)NC(CCO)C(C)C)cc1. The molecule has 0 aliphatic rings. The number of aliphatic hydroxyl groups excluding tert-OH is 1. The van der Waals surface area contributed by atoms with E-state index in [2.05, 4.69) is 5.32 Å². The molecule has 0 aliphatic carbocycles. The molecule has 2 unspecified atom stereocenters. The van der Waals surface area contributed by atoms with Gasteiger partial charge in [0, 0.05) is 19.1 Å². The van der Waals surface area contributed by atoms with Crippen LogP contribution in [-0.2, 0) is 4.79 Å². The lowest BCUT2D eigenvalue weighted by atomic mass is 9.96.